The van der Waals surface area contributed by atoms with E-state index in [9.17, 15) is 4.79 Å². The van der Waals surface area contributed by atoms with E-state index in [1.54, 1.807) is 6.07 Å². The van der Waals surface area contributed by atoms with Crippen LogP contribution < -0.4 is 20.7 Å². The third-order valence-electron chi connectivity index (χ3n) is 4.12. The monoisotopic (exact) mass is 325 g/mol. The predicted octanol–water partition coefficient (Wildman–Crippen LogP) is 3.11. The second kappa shape index (κ2) is 6.43. The maximum Gasteiger partial charge on any atom is 0.243 e. The molecule has 5 nitrogen and oxygen atoms in total. The van der Waals surface area contributed by atoms with Crippen molar-refractivity contribution < 1.29 is 9.53 Å². The van der Waals surface area contributed by atoms with E-state index in [0.717, 1.165) is 22.7 Å². The number of hydrogen-bond acceptors (Lipinski definition) is 4. The molecule has 0 fully saturated rings. The molecule has 2 aromatic carbocycles. The Hall–Kier alpha value is -2.69. The molecule has 126 valence electrons. The lowest BCUT2D eigenvalue weighted by Crippen LogP contribution is -2.42. The van der Waals surface area contributed by atoms with Crippen LogP contribution in [-0.2, 0) is 4.79 Å². The van der Waals surface area contributed by atoms with E-state index in [0.29, 0.717) is 12.2 Å². The molecule has 1 unspecified atom stereocenters. The number of benzene rings is 2. The van der Waals surface area contributed by atoms with Gasteiger partial charge in [-0.15, -0.1) is 0 Å². The molecule has 0 bridgehead atoms. The zero-order valence-electron chi connectivity index (χ0n) is 14.3. The minimum Gasteiger partial charge on any atom is -0.487 e. The highest BCUT2D eigenvalue weighted by Gasteiger charge is 2.24. The first-order valence-corrected chi connectivity index (χ1v) is 8.10. The van der Waals surface area contributed by atoms with Crippen LogP contribution in [0.4, 0.5) is 17.1 Å². The number of aryl methyl sites for hydroxylation is 2. The fraction of sp³-hybridized carbons (Fsp3) is 0.316. The van der Waals surface area contributed by atoms with Crippen molar-refractivity contribution in [2.24, 2.45) is 0 Å². The van der Waals surface area contributed by atoms with Crippen LogP contribution >= 0.6 is 0 Å². The number of carbonyl (C=O) groups excluding carboxylic acids is 1. The fourth-order valence-electron chi connectivity index (χ4n) is 3.02. The van der Waals surface area contributed by atoms with E-state index in [4.69, 9.17) is 10.5 Å². The van der Waals surface area contributed by atoms with Crippen LogP contribution in [0, 0.1) is 13.8 Å². The van der Waals surface area contributed by atoms with Crippen LogP contribution in [0.1, 0.15) is 18.1 Å². The van der Waals surface area contributed by atoms with Gasteiger partial charge in [0.2, 0.25) is 5.91 Å². The quantitative estimate of drug-likeness (QED) is 0.851. The van der Waals surface area contributed by atoms with Crippen molar-refractivity contribution in [2.75, 3.05) is 29.0 Å². The normalized spacial score (nSPS) is 16.3. The fourth-order valence-corrected chi connectivity index (χ4v) is 3.02. The lowest BCUT2D eigenvalue weighted by Gasteiger charge is -2.34. The van der Waals surface area contributed by atoms with Gasteiger partial charge in [-0.2, -0.15) is 0 Å². The van der Waals surface area contributed by atoms with Crippen LogP contribution in [0.3, 0.4) is 0 Å². The van der Waals surface area contributed by atoms with Gasteiger partial charge in [-0.05, 0) is 44.5 Å². The van der Waals surface area contributed by atoms with Crippen molar-refractivity contribution in [3.05, 3.63) is 47.5 Å². The number of rotatable bonds is 3. The van der Waals surface area contributed by atoms with Crippen molar-refractivity contribution in [3.63, 3.8) is 0 Å². The Morgan fingerprint density at radius 2 is 2.08 bits per heavy atom. The number of hydrogen-bond donors (Lipinski definition) is 2. The summed E-state index contributed by atoms with van der Waals surface area (Å²) >= 11 is 0. The first kappa shape index (κ1) is 16.2. The number of nitrogens with zero attached hydrogens (tertiary/aromatic N) is 1. The van der Waals surface area contributed by atoms with Crippen LogP contribution in [0.25, 0.3) is 0 Å². The molecule has 0 radical (unpaired) electrons. The summed E-state index contributed by atoms with van der Waals surface area (Å²) in [4.78, 5) is 14.5. The van der Waals surface area contributed by atoms with Gasteiger partial charge < -0.3 is 20.7 Å². The summed E-state index contributed by atoms with van der Waals surface area (Å²) in [5, 5.41) is 3.00. The van der Waals surface area contributed by atoms with Gasteiger partial charge in [0.05, 0.1) is 18.8 Å². The molecule has 1 atom stereocenters. The highest BCUT2D eigenvalue weighted by molar-refractivity contribution is 5.95. The minimum atomic E-state index is -0.0428. The molecule has 1 heterocycles. The van der Waals surface area contributed by atoms with Gasteiger partial charge in [-0.3, -0.25) is 4.79 Å². The van der Waals surface area contributed by atoms with Crippen LogP contribution in [0.15, 0.2) is 36.4 Å². The lowest BCUT2D eigenvalue weighted by molar-refractivity contribution is -0.115. The lowest BCUT2D eigenvalue weighted by atomic mass is 10.1. The molecule has 0 saturated carbocycles. The zero-order chi connectivity index (χ0) is 17.3. The predicted molar refractivity (Wildman–Crippen MR) is 97.7 cm³/mol. The number of nitrogen functional groups attached to an aromatic ring is 1. The summed E-state index contributed by atoms with van der Waals surface area (Å²) in [6.45, 7) is 6.96. The molecule has 5 heteroatoms. The van der Waals surface area contributed by atoms with Crippen molar-refractivity contribution in [1.29, 1.82) is 0 Å². The second-order valence-electron chi connectivity index (χ2n) is 6.40. The highest BCUT2D eigenvalue weighted by Crippen LogP contribution is 2.34. The Kier molecular flexibility index (Phi) is 4.34. The molecular weight excluding hydrogens is 302 g/mol. The molecule has 0 saturated heterocycles. The van der Waals surface area contributed by atoms with Crippen LogP contribution in [-0.4, -0.2) is 25.1 Å². The third-order valence-corrected chi connectivity index (χ3v) is 4.12. The van der Waals surface area contributed by atoms with Gasteiger partial charge in [-0.25, -0.2) is 0 Å². The van der Waals surface area contributed by atoms with Crippen molar-refractivity contribution in [1.82, 2.24) is 0 Å². The maximum atomic E-state index is 12.5. The van der Waals surface area contributed by atoms with Gasteiger partial charge in [-0.1, -0.05) is 17.7 Å². The van der Waals surface area contributed by atoms with Crippen molar-refractivity contribution >= 4 is 23.0 Å². The first-order valence-electron chi connectivity index (χ1n) is 8.10. The minimum absolute atomic E-state index is 0.00760. The Morgan fingerprint density at radius 3 is 2.83 bits per heavy atom. The average Bonchev–Trinajstić information content (AvgIpc) is 2.49. The van der Waals surface area contributed by atoms with Gasteiger partial charge in [0.1, 0.15) is 11.9 Å². The zero-order valence-corrected chi connectivity index (χ0v) is 14.3. The van der Waals surface area contributed by atoms with Gasteiger partial charge in [0.15, 0.2) is 0 Å². The number of anilines is 3. The van der Waals surface area contributed by atoms with Crippen molar-refractivity contribution in [3.8, 4) is 5.75 Å². The smallest absolute Gasteiger partial charge is 0.243 e. The number of fused-ring (bicyclic) bond motifs is 1. The highest BCUT2D eigenvalue weighted by atomic mass is 16.5. The summed E-state index contributed by atoms with van der Waals surface area (Å²) in [6.07, 6.45) is 0.00760. The van der Waals surface area contributed by atoms with Crippen molar-refractivity contribution in [2.45, 2.75) is 26.9 Å². The molecule has 3 N–H and O–H groups in total. The van der Waals surface area contributed by atoms with E-state index in [-0.39, 0.29) is 18.6 Å². The molecule has 1 aliphatic rings. The number of carbonyl (C=O) groups is 1. The molecule has 1 amide bonds. The Morgan fingerprint density at radius 1 is 1.29 bits per heavy atom. The maximum absolute atomic E-state index is 12.5. The average molecular weight is 325 g/mol. The summed E-state index contributed by atoms with van der Waals surface area (Å²) in [6, 6.07) is 11.5. The largest absolute Gasteiger partial charge is 0.487 e. The second-order valence-corrected chi connectivity index (χ2v) is 6.40. The number of nitrogens with one attached hydrogen (secondary N) is 1. The van der Waals surface area contributed by atoms with Crippen LogP contribution in [0.5, 0.6) is 5.75 Å². The molecule has 0 aromatic heterocycles. The molecule has 0 aliphatic carbocycles. The van der Waals surface area contributed by atoms with Gasteiger partial charge in [0, 0.05) is 17.4 Å². The number of nitrogens with two attached hydrogens (primary N) is 1. The summed E-state index contributed by atoms with van der Waals surface area (Å²) in [5.41, 5.74) is 10.5. The molecule has 0 spiro atoms. The summed E-state index contributed by atoms with van der Waals surface area (Å²) < 4.78 is 5.82. The van der Waals surface area contributed by atoms with E-state index < -0.39 is 0 Å². The molecule has 24 heavy (non-hydrogen) atoms. The molecular formula is C19H23N3O2. The molecule has 3 rings (SSSR count). The SMILES string of the molecule is Cc1ccc(NC(=O)CN2CC(C)Oc3cc(N)ccc32)c(C)c1. The Labute approximate surface area is 142 Å². The standard InChI is InChI=1S/C19H23N3O2/c1-12-4-6-16(13(2)8-12)21-19(23)11-22-10-14(3)24-18-9-15(20)5-7-17(18)22/h4-9,14H,10-11,20H2,1-3H3,(H,21,23). The van der Waals surface area contributed by atoms with Gasteiger partial charge >= 0.3 is 0 Å². The van der Waals surface area contributed by atoms with E-state index >= 15 is 0 Å². The van der Waals surface area contributed by atoms with E-state index in [1.165, 1.54) is 5.56 Å². The summed E-state index contributed by atoms with van der Waals surface area (Å²) in [7, 11) is 0. The Balaban J connectivity index is 1.75. The third kappa shape index (κ3) is 3.45. The van der Waals surface area contributed by atoms with Gasteiger partial charge in [0.25, 0.3) is 0 Å². The number of ether oxygens (including phenoxy) is 1. The van der Waals surface area contributed by atoms with E-state index in [1.807, 2.05) is 49.9 Å². The van der Waals surface area contributed by atoms with E-state index in [2.05, 4.69) is 11.4 Å². The topological polar surface area (TPSA) is 67.6 Å². The van der Waals surface area contributed by atoms with Crippen LogP contribution in [0.2, 0.25) is 0 Å². The molecule has 2 aromatic rings. The number of amides is 1. The summed E-state index contributed by atoms with van der Waals surface area (Å²) in [5.74, 6) is 0.687. The first-order chi connectivity index (χ1) is 11.4. The Bertz CT molecular complexity index is 773. The molecule has 1 aliphatic heterocycles.